The fourth-order valence-corrected chi connectivity index (χ4v) is 1.80. The molecule has 0 radical (unpaired) electrons. The van der Waals surface area contributed by atoms with E-state index in [0.29, 0.717) is 0 Å². The van der Waals surface area contributed by atoms with E-state index in [-0.39, 0.29) is 11.5 Å². The molecule has 0 unspecified atom stereocenters. The van der Waals surface area contributed by atoms with Crippen molar-refractivity contribution in [3.05, 3.63) is 23.8 Å². The number of para-hydroxylation sites is 1. The van der Waals surface area contributed by atoms with E-state index in [1.807, 2.05) is 5.92 Å². The first-order chi connectivity index (χ1) is 8.35. The Labute approximate surface area is 105 Å². The van der Waals surface area contributed by atoms with Gasteiger partial charge in [-0.15, -0.1) is 6.42 Å². The third-order valence-electron chi connectivity index (χ3n) is 1.72. The van der Waals surface area contributed by atoms with Gasteiger partial charge in [-0.3, -0.25) is 0 Å². The Morgan fingerprint density at radius 1 is 1.50 bits per heavy atom. The lowest BCUT2D eigenvalue weighted by Gasteiger charge is -2.15. The molecule has 0 aliphatic rings. The maximum atomic E-state index is 12.3. The number of ether oxygens (including phenoxy) is 1. The molecule has 0 spiro atoms. The summed E-state index contributed by atoms with van der Waals surface area (Å²) in [4.78, 5) is 10.4. The van der Waals surface area contributed by atoms with Crippen LogP contribution in [-0.4, -0.2) is 18.1 Å². The first-order valence-electron chi connectivity index (χ1n) is 4.51. The average Bonchev–Trinajstić information content (AvgIpc) is 2.24. The smallest absolute Gasteiger partial charge is 0.446 e. The lowest BCUT2D eigenvalue weighted by atomic mass is 10.2. The van der Waals surface area contributed by atoms with Crippen LogP contribution in [0.3, 0.4) is 0 Å². The van der Waals surface area contributed by atoms with Crippen LogP contribution in [0.5, 0.6) is 5.75 Å². The van der Waals surface area contributed by atoms with Gasteiger partial charge in [0.05, 0.1) is 10.9 Å². The van der Waals surface area contributed by atoms with Crippen LogP contribution in [0.2, 0.25) is 0 Å². The number of hydrogen-bond donors (Lipinski definition) is 0. The molecule has 18 heavy (non-hydrogen) atoms. The highest BCUT2D eigenvalue weighted by atomic mass is 32.2. The van der Waals surface area contributed by atoms with E-state index < -0.39 is 34.6 Å². The van der Waals surface area contributed by atoms with Gasteiger partial charge < -0.3 is 14.6 Å². The fraction of sp³-hybridized carbons (Fsp3) is 0.182. The quantitative estimate of drug-likeness (QED) is 0.619. The van der Waals surface area contributed by atoms with Gasteiger partial charge in [0.2, 0.25) is 0 Å². The molecule has 96 valence electrons. The van der Waals surface area contributed by atoms with Crippen LogP contribution in [0.4, 0.5) is 13.2 Å². The Hall–Kier alpha value is -1.81. The molecule has 0 saturated carbocycles. The van der Waals surface area contributed by atoms with E-state index in [9.17, 15) is 23.1 Å². The zero-order valence-electron chi connectivity index (χ0n) is 8.78. The topological polar surface area (TPSA) is 49.4 Å². The van der Waals surface area contributed by atoms with Gasteiger partial charge in [0.25, 0.3) is 0 Å². The van der Waals surface area contributed by atoms with Gasteiger partial charge in [-0.2, -0.15) is 13.2 Å². The van der Waals surface area contributed by atoms with Crippen LogP contribution in [0, 0.1) is 12.3 Å². The molecular weight excluding hydrogens is 269 g/mol. The zero-order chi connectivity index (χ0) is 13.8. The number of carboxylic acids is 1. The van der Waals surface area contributed by atoms with Crippen molar-refractivity contribution in [3.8, 4) is 18.1 Å². The number of carbonyl (C=O) groups excluding carboxylic acids is 1. The number of halogens is 3. The average molecular weight is 275 g/mol. The predicted octanol–water partition coefficient (Wildman–Crippen LogP) is 1.67. The number of thioether (sulfide) groups is 1. The Balaban J connectivity index is 3.20. The van der Waals surface area contributed by atoms with Crippen molar-refractivity contribution >= 4 is 17.7 Å². The summed E-state index contributed by atoms with van der Waals surface area (Å²) in [5, 5.41) is 10.8. The maximum absolute atomic E-state index is 12.3. The Morgan fingerprint density at radius 2 is 2.17 bits per heavy atom. The summed E-state index contributed by atoms with van der Waals surface area (Å²) >= 11 is -0.475. The summed E-state index contributed by atoms with van der Waals surface area (Å²) in [7, 11) is 0. The molecule has 0 amide bonds. The predicted molar refractivity (Wildman–Crippen MR) is 57.0 cm³/mol. The zero-order valence-corrected chi connectivity index (χ0v) is 9.60. The summed E-state index contributed by atoms with van der Waals surface area (Å²) in [5.74, 6) is -0.0190. The third-order valence-corrected chi connectivity index (χ3v) is 2.50. The number of alkyl halides is 3. The summed E-state index contributed by atoms with van der Waals surface area (Å²) < 4.78 is 41.7. The molecule has 1 rings (SSSR count). The second-order valence-corrected chi connectivity index (χ2v) is 4.07. The molecule has 1 aromatic rings. The molecule has 3 nitrogen and oxygen atoms in total. The lowest BCUT2D eigenvalue weighted by Crippen LogP contribution is -2.23. The van der Waals surface area contributed by atoms with Gasteiger partial charge in [0, 0.05) is 5.56 Å². The minimum Gasteiger partial charge on any atom is -0.545 e. The van der Waals surface area contributed by atoms with Gasteiger partial charge in [0.1, 0.15) is 12.4 Å². The SMILES string of the molecule is C#CCOc1c(SC(F)(F)F)cccc1C(=O)[O-]. The van der Waals surface area contributed by atoms with E-state index in [1.54, 1.807) is 0 Å². The van der Waals surface area contributed by atoms with E-state index in [4.69, 9.17) is 11.2 Å². The van der Waals surface area contributed by atoms with Crippen molar-refractivity contribution in [2.45, 2.75) is 10.4 Å². The molecule has 1 aromatic carbocycles. The maximum Gasteiger partial charge on any atom is 0.446 e. The standard InChI is InChI=1S/C11H7F3O3S/c1-2-6-17-9-7(10(15)16)4-3-5-8(9)18-11(12,13)14/h1,3-5H,6H2,(H,15,16)/p-1. The summed E-state index contributed by atoms with van der Waals surface area (Å²) in [6, 6.07) is 3.35. The number of carbonyl (C=O) groups is 1. The molecule has 0 saturated heterocycles. The van der Waals surface area contributed by atoms with Gasteiger partial charge in [-0.05, 0) is 23.9 Å². The Bertz CT molecular complexity index is 491. The first-order valence-corrected chi connectivity index (χ1v) is 5.33. The van der Waals surface area contributed by atoms with E-state index in [1.165, 1.54) is 6.07 Å². The highest BCUT2D eigenvalue weighted by molar-refractivity contribution is 8.00. The molecule has 7 heteroatoms. The Morgan fingerprint density at radius 3 is 2.67 bits per heavy atom. The van der Waals surface area contributed by atoms with Crippen LogP contribution in [-0.2, 0) is 0 Å². The molecule has 0 aliphatic carbocycles. The van der Waals surface area contributed by atoms with Gasteiger partial charge in [-0.1, -0.05) is 12.0 Å². The molecule has 0 atom stereocenters. The molecule has 0 fully saturated rings. The summed E-state index contributed by atoms with van der Waals surface area (Å²) in [6.45, 7) is -0.338. The summed E-state index contributed by atoms with van der Waals surface area (Å²) in [6.07, 6.45) is 4.91. The van der Waals surface area contributed by atoms with Crippen molar-refractivity contribution in [3.63, 3.8) is 0 Å². The van der Waals surface area contributed by atoms with Crippen molar-refractivity contribution in [2.75, 3.05) is 6.61 Å². The number of benzene rings is 1. The minimum absolute atomic E-state index is 0.338. The molecule has 0 heterocycles. The summed E-state index contributed by atoms with van der Waals surface area (Å²) in [5.41, 5.74) is -5.03. The van der Waals surface area contributed by atoms with Crippen LogP contribution >= 0.6 is 11.8 Å². The minimum atomic E-state index is -4.56. The largest absolute Gasteiger partial charge is 0.545 e. The Kier molecular flexibility index (Phi) is 4.50. The van der Waals surface area contributed by atoms with Gasteiger partial charge in [0.15, 0.2) is 0 Å². The number of hydrogen-bond acceptors (Lipinski definition) is 4. The first kappa shape index (κ1) is 14.3. The van der Waals surface area contributed by atoms with E-state index in [2.05, 4.69) is 0 Å². The van der Waals surface area contributed by atoms with Crippen LogP contribution in [0.15, 0.2) is 23.1 Å². The number of rotatable bonds is 4. The molecule has 0 aromatic heterocycles. The number of aromatic carboxylic acids is 1. The number of terminal acetylenes is 1. The lowest BCUT2D eigenvalue weighted by molar-refractivity contribution is -0.255. The molecular formula is C11H6F3O3S-. The normalized spacial score (nSPS) is 10.8. The van der Waals surface area contributed by atoms with E-state index in [0.717, 1.165) is 12.1 Å². The fourth-order valence-electron chi connectivity index (χ4n) is 1.14. The monoisotopic (exact) mass is 275 g/mol. The van der Waals surface area contributed by atoms with Gasteiger partial charge in [-0.25, -0.2) is 0 Å². The van der Waals surface area contributed by atoms with Crippen LogP contribution in [0.1, 0.15) is 10.4 Å². The highest BCUT2D eigenvalue weighted by Crippen LogP contribution is 2.42. The van der Waals surface area contributed by atoms with Crippen LogP contribution in [0.25, 0.3) is 0 Å². The van der Waals surface area contributed by atoms with Crippen molar-refractivity contribution < 1.29 is 27.8 Å². The highest BCUT2D eigenvalue weighted by Gasteiger charge is 2.31. The van der Waals surface area contributed by atoms with Crippen molar-refractivity contribution in [1.29, 1.82) is 0 Å². The van der Waals surface area contributed by atoms with Crippen LogP contribution < -0.4 is 9.84 Å². The third kappa shape index (κ3) is 3.89. The molecule has 0 N–H and O–H groups in total. The van der Waals surface area contributed by atoms with Gasteiger partial charge >= 0.3 is 5.51 Å². The number of carboxylic acid groups (broad SMARTS) is 1. The second kappa shape index (κ2) is 5.69. The van der Waals surface area contributed by atoms with Crippen molar-refractivity contribution in [1.82, 2.24) is 0 Å². The second-order valence-electron chi connectivity index (χ2n) is 2.96. The van der Waals surface area contributed by atoms with Crippen molar-refractivity contribution in [2.24, 2.45) is 0 Å². The molecule has 0 aliphatic heterocycles. The molecule has 0 bridgehead atoms. The van der Waals surface area contributed by atoms with E-state index >= 15 is 0 Å².